The molecule has 0 aliphatic carbocycles. The maximum absolute atomic E-state index is 10.9. The third-order valence-corrected chi connectivity index (χ3v) is 2.76. The Labute approximate surface area is 100 Å². The summed E-state index contributed by atoms with van der Waals surface area (Å²) in [4.78, 5) is 10.9. The molecule has 2 fully saturated rings. The fourth-order valence-electron chi connectivity index (χ4n) is 1.77. The van der Waals surface area contributed by atoms with Gasteiger partial charge < -0.3 is 14.6 Å². The highest BCUT2D eigenvalue weighted by Gasteiger charge is 2.41. The molecule has 0 amide bonds. The summed E-state index contributed by atoms with van der Waals surface area (Å²) in [7, 11) is 0. The summed E-state index contributed by atoms with van der Waals surface area (Å²) < 4.78 is 10.3. The van der Waals surface area contributed by atoms with Crippen LogP contribution in [0.1, 0.15) is 19.8 Å². The van der Waals surface area contributed by atoms with Gasteiger partial charge in [-0.2, -0.15) is 0 Å². The average Bonchev–Trinajstić information content (AvgIpc) is 2.98. The monoisotopic (exact) mass is 236 g/mol. The topological polar surface area (TPSA) is 59.1 Å². The maximum atomic E-state index is 10.9. The minimum atomic E-state index is -0.658. The van der Waals surface area contributed by atoms with Crippen molar-refractivity contribution in [3.8, 4) is 0 Å². The standard InChI is InChI=1S/C13H16O4/c1-2-3-4-11-13(17-11)10(14)7-5-9-6-8-12(15)16-9/h2,4-5,7,9-11,13-14H,6,8H2,1H3. The molecule has 4 atom stereocenters. The second kappa shape index (κ2) is 5.32. The van der Waals surface area contributed by atoms with E-state index in [0.29, 0.717) is 12.8 Å². The van der Waals surface area contributed by atoms with E-state index in [2.05, 4.69) is 5.73 Å². The predicted molar refractivity (Wildman–Crippen MR) is 61.2 cm³/mol. The number of aliphatic hydroxyl groups is 1. The van der Waals surface area contributed by atoms with E-state index in [4.69, 9.17) is 9.47 Å². The van der Waals surface area contributed by atoms with E-state index >= 15 is 0 Å². The molecule has 0 saturated carbocycles. The van der Waals surface area contributed by atoms with Crippen LogP contribution in [-0.2, 0) is 14.3 Å². The lowest BCUT2D eigenvalue weighted by Crippen LogP contribution is -2.14. The van der Waals surface area contributed by atoms with Gasteiger partial charge in [0.2, 0.25) is 0 Å². The Morgan fingerprint density at radius 1 is 1.59 bits per heavy atom. The number of rotatable bonds is 4. The second-order valence-electron chi connectivity index (χ2n) is 4.13. The van der Waals surface area contributed by atoms with Crippen molar-refractivity contribution in [2.75, 3.05) is 0 Å². The molecule has 4 unspecified atom stereocenters. The molecule has 0 spiro atoms. The van der Waals surface area contributed by atoms with Crippen LogP contribution in [0, 0.1) is 0 Å². The van der Waals surface area contributed by atoms with Crippen LogP contribution in [0.5, 0.6) is 0 Å². The molecular formula is C13H16O4. The van der Waals surface area contributed by atoms with Crippen LogP contribution >= 0.6 is 0 Å². The molecule has 0 bridgehead atoms. The Hall–Kier alpha value is -1.35. The molecule has 0 aromatic carbocycles. The summed E-state index contributed by atoms with van der Waals surface area (Å²) in [5, 5.41) is 9.77. The highest BCUT2D eigenvalue weighted by Crippen LogP contribution is 2.27. The first kappa shape index (κ1) is 12.1. The van der Waals surface area contributed by atoms with Gasteiger partial charge in [-0.05, 0) is 31.6 Å². The number of carbonyl (C=O) groups is 1. The van der Waals surface area contributed by atoms with Crippen LogP contribution in [0.2, 0.25) is 0 Å². The van der Waals surface area contributed by atoms with E-state index < -0.39 is 6.10 Å². The number of aliphatic hydroxyl groups excluding tert-OH is 1. The highest BCUT2D eigenvalue weighted by molar-refractivity contribution is 5.71. The Morgan fingerprint density at radius 3 is 3.06 bits per heavy atom. The van der Waals surface area contributed by atoms with E-state index in [9.17, 15) is 9.90 Å². The Bertz CT molecular complexity index is 379. The van der Waals surface area contributed by atoms with Gasteiger partial charge in [-0.3, -0.25) is 4.79 Å². The summed E-state index contributed by atoms with van der Waals surface area (Å²) in [6.45, 7) is 1.87. The van der Waals surface area contributed by atoms with Crippen molar-refractivity contribution < 1.29 is 19.4 Å². The van der Waals surface area contributed by atoms with Gasteiger partial charge in [0.25, 0.3) is 0 Å². The molecule has 0 aromatic rings. The van der Waals surface area contributed by atoms with Crippen LogP contribution in [0.25, 0.3) is 0 Å². The summed E-state index contributed by atoms with van der Waals surface area (Å²) >= 11 is 0. The van der Waals surface area contributed by atoms with Gasteiger partial charge in [0.05, 0.1) is 0 Å². The quantitative estimate of drug-likeness (QED) is 0.344. The van der Waals surface area contributed by atoms with Crippen molar-refractivity contribution in [3.63, 3.8) is 0 Å². The van der Waals surface area contributed by atoms with Gasteiger partial charge in [-0.1, -0.05) is 6.08 Å². The van der Waals surface area contributed by atoms with Crippen molar-refractivity contribution >= 4 is 5.97 Å². The molecule has 2 aliphatic rings. The summed E-state index contributed by atoms with van der Waals surface area (Å²) in [5.41, 5.74) is 2.92. The van der Waals surface area contributed by atoms with Gasteiger partial charge >= 0.3 is 5.97 Å². The number of ether oxygens (including phenoxy) is 2. The third kappa shape index (κ3) is 3.30. The molecule has 0 radical (unpaired) electrons. The first-order valence-electron chi connectivity index (χ1n) is 5.79. The summed E-state index contributed by atoms with van der Waals surface area (Å²) in [6, 6.07) is 0. The molecule has 17 heavy (non-hydrogen) atoms. The molecule has 4 heteroatoms. The second-order valence-corrected chi connectivity index (χ2v) is 4.13. The number of cyclic esters (lactones) is 1. The molecule has 2 rings (SSSR count). The molecule has 92 valence electrons. The van der Waals surface area contributed by atoms with E-state index in [1.807, 2.05) is 6.92 Å². The van der Waals surface area contributed by atoms with Crippen LogP contribution in [-0.4, -0.2) is 35.5 Å². The number of hydrogen-bond acceptors (Lipinski definition) is 4. The third-order valence-electron chi connectivity index (χ3n) is 2.76. The first-order chi connectivity index (χ1) is 8.20. The molecule has 2 heterocycles. The zero-order valence-corrected chi connectivity index (χ0v) is 9.70. The molecule has 0 aromatic heterocycles. The smallest absolute Gasteiger partial charge is 0.306 e. The van der Waals surface area contributed by atoms with E-state index in [0.717, 1.165) is 0 Å². The van der Waals surface area contributed by atoms with E-state index in [-0.39, 0.29) is 24.3 Å². The van der Waals surface area contributed by atoms with Gasteiger partial charge in [0, 0.05) is 6.42 Å². The van der Waals surface area contributed by atoms with Crippen LogP contribution < -0.4 is 0 Å². The molecule has 1 N–H and O–H groups in total. The zero-order valence-electron chi connectivity index (χ0n) is 9.70. The minimum Gasteiger partial charge on any atom is -0.458 e. The molecule has 2 aliphatic heterocycles. The van der Waals surface area contributed by atoms with E-state index in [1.54, 1.807) is 24.3 Å². The normalized spacial score (nSPS) is 33.1. The Morgan fingerprint density at radius 2 is 2.41 bits per heavy atom. The molecule has 4 nitrogen and oxygen atoms in total. The molecule has 2 saturated heterocycles. The SMILES string of the molecule is CC=C=CC1OC1C(O)C=CC1CCC(=O)O1. The lowest BCUT2D eigenvalue weighted by Gasteiger charge is -2.04. The predicted octanol–water partition coefficient (Wildman–Crippen LogP) is 1.11. The van der Waals surface area contributed by atoms with Crippen molar-refractivity contribution in [1.29, 1.82) is 0 Å². The summed E-state index contributed by atoms with van der Waals surface area (Å²) in [5.74, 6) is -0.175. The van der Waals surface area contributed by atoms with Crippen molar-refractivity contribution in [2.45, 2.75) is 44.2 Å². The fraction of sp³-hybridized carbons (Fsp3) is 0.538. The van der Waals surface area contributed by atoms with Gasteiger partial charge in [0.1, 0.15) is 24.4 Å². The number of hydrogen-bond donors (Lipinski definition) is 1. The first-order valence-corrected chi connectivity index (χ1v) is 5.79. The van der Waals surface area contributed by atoms with Crippen LogP contribution in [0.4, 0.5) is 0 Å². The van der Waals surface area contributed by atoms with Gasteiger partial charge in [0.15, 0.2) is 0 Å². The Kier molecular flexibility index (Phi) is 3.79. The van der Waals surface area contributed by atoms with Crippen LogP contribution in [0.15, 0.2) is 30.0 Å². The average molecular weight is 236 g/mol. The van der Waals surface area contributed by atoms with Crippen LogP contribution in [0.3, 0.4) is 0 Å². The highest BCUT2D eigenvalue weighted by atomic mass is 16.6. The summed E-state index contributed by atoms with van der Waals surface area (Å²) in [6.07, 6.45) is 6.98. The number of epoxide rings is 1. The fourth-order valence-corrected chi connectivity index (χ4v) is 1.77. The zero-order chi connectivity index (χ0) is 12.3. The minimum absolute atomic E-state index is 0.0584. The number of carbonyl (C=O) groups excluding carboxylic acids is 1. The molecular weight excluding hydrogens is 220 g/mol. The van der Waals surface area contributed by atoms with Gasteiger partial charge in [-0.15, -0.1) is 5.73 Å². The number of esters is 1. The maximum Gasteiger partial charge on any atom is 0.306 e. The van der Waals surface area contributed by atoms with Crippen molar-refractivity contribution in [1.82, 2.24) is 0 Å². The Balaban J connectivity index is 1.78. The van der Waals surface area contributed by atoms with E-state index in [1.165, 1.54) is 0 Å². The lowest BCUT2D eigenvalue weighted by molar-refractivity contribution is -0.140. The lowest BCUT2D eigenvalue weighted by atomic mass is 10.1. The van der Waals surface area contributed by atoms with Crippen molar-refractivity contribution in [3.05, 3.63) is 30.0 Å². The van der Waals surface area contributed by atoms with Crippen molar-refractivity contribution in [2.24, 2.45) is 0 Å². The van der Waals surface area contributed by atoms with Gasteiger partial charge in [-0.25, -0.2) is 0 Å². The largest absolute Gasteiger partial charge is 0.458 e.